The molecular weight excluding hydrogens is 256 g/mol. The summed E-state index contributed by atoms with van der Waals surface area (Å²) in [7, 11) is 0. The predicted octanol–water partition coefficient (Wildman–Crippen LogP) is 3.10. The van der Waals surface area contributed by atoms with Crippen LogP contribution in [0.2, 0.25) is 0 Å². The number of thiophene rings is 1. The van der Waals surface area contributed by atoms with Crippen molar-refractivity contribution in [2.75, 3.05) is 5.32 Å². The Hall–Kier alpha value is -1.78. The fourth-order valence-corrected chi connectivity index (χ4v) is 3.71. The number of hydrogen-bond acceptors (Lipinski definition) is 3. The van der Waals surface area contributed by atoms with Crippen molar-refractivity contribution in [1.29, 1.82) is 5.26 Å². The molecule has 98 valence electrons. The zero-order valence-electron chi connectivity index (χ0n) is 11.0. The van der Waals surface area contributed by atoms with Gasteiger partial charge in [0.25, 0.3) is 0 Å². The molecule has 0 bridgehead atoms. The van der Waals surface area contributed by atoms with Gasteiger partial charge in [0.1, 0.15) is 11.1 Å². The molecule has 3 nitrogen and oxygen atoms in total. The Morgan fingerprint density at radius 2 is 2.42 bits per heavy atom. The van der Waals surface area contributed by atoms with Gasteiger partial charge in [-0.05, 0) is 30.7 Å². The van der Waals surface area contributed by atoms with E-state index in [1.165, 1.54) is 4.88 Å². The Morgan fingerprint density at radius 3 is 3.11 bits per heavy atom. The molecule has 1 aromatic rings. The molecule has 0 radical (unpaired) electrons. The first kappa shape index (κ1) is 13.6. The Morgan fingerprint density at radius 1 is 1.63 bits per heavy atom. The molecule has 1 aromatic heterocycles. The summed E-state index contributed by atoms with van der Waals surface area (Å²) in [6, 6.07) is 2.24. The highest BCUT2D eigenvalue weighted by Gasteiger charge is 2.24. The van der Waals surface area contributed by atoms with Crippen LogP contribution in [0.1, 0.15) is 42.2 Å². The van der Waals surface area contributed by atoms with Crippen LogP contribution in [0.3, 0.4) is 0 Å². The van der Waals surface area contributed by atoms with Crippen LogP contribution in [-0.4, -0.2) is 5.91 Å². The topological polar surface area (TPSA) is 52.9 Å². The Kier molecular flexibility index (Phi) is 4.24. The lowest BCUT2D eigenvalue weighted by atomic mass is 9.89. The molecule has 0 saturated carbocycles. The summed E-state index contributed by atoms with van der Waals surface area (Å²) in [6.07, 6.45) is 8.94. The molecule has 1 N–H and O–H groups in total. The van der Waals surface area contributed by atoms with Crippen molar-refractivity contribution in [3.63, 3.8) is 0 Å². The monoisotopic (exact) mass is 272 g/mol. The second-order valence-electron chi connectivity index (χ2n) is 4.92. The lowest BCUT2D eigenvalue weighted by molar-refractivity contribution is -0.116. The number of rotatable bonds is 3. The molecule has 1 atom stereocenters. The standard InChI is InChI=1S/C15H16N2OS/c1-3-4-5-14(18)17-15-12(9-16)11-7-6-10(2)8-13(11)19-15/h1,10H,4-8H2,2H3,(H,17,18). The maximum Gasteiger partial charge on any atom is 0.225 e. The van der Waals surface area contributed by atoms with Crippen molar-refractivity contribution in [1.82, 2.24) is 0 Å². The summed E-state index contributed by atoms with van der Waals surface area (Å²) < 4.78 is 0. The van der Waals surface area contributed by atoms with E-state index in [0.29, 0.717) is 29.3 Å². The van der Waals surface area contributed by atoms with Crippen molar-refractivity contribution in [2.24, 2.45) is 5.92 Å². The number of carbonyl (C=O) groups is 1. The highest BCUT2D eigenvalue weighted by atomic mass is 32.1. The van der Waals surface area contributed by atoms with E-state index in [2.05, 4.69) is 24.2 Å². The number of amides is 1. The van der Waals surface area contributed by atoms with E-state index in [0.717, 1.165) is 24.8 Å². The molecule has 0 aromatic carbocycles. The molecule has 0 aliphatic heterocycles. The minimum atomic E-state index is -0.110. The first-order valence-corrected chi connectivity index (χ1v) is 7.25. The number of anilines is 1. The minimum Gasteiger partial charge on any atom is -0.317 e. The first-order valence-electron chi connectivity index (χ1n) is 6.43. The van der Waals surface area contributed by atoms with E-state index in [1.807, 2.05) is 0 Å². The van der Waals surface area contributed by atoms with Gasteiger partial charge in [0.15, 0.2) is 0 Å². The second kappa shape index (κ2) is 5.91. The van der Waals surface area contributed by atoms with Crippen LogP contribution in [0.15, 0.2) is 0 Å². The number of nitrogens with zero attached hydrogens (tertiary/aromatic N) is 1. The number of fused-ring (bicyclic) bond motifs is 1. The lowest BCUT2D eigenvalue weighted by Crippen LogP contribution is -2.11. The smallest absolute Gasteiger partial charge is 0.225 e. The van der Waals surface area contributed by atoms with Crippen LogP contribution >= 0.6 is 11.3 Å². The van der Waals surface area contributed by atoms with E-state index < -0.39 is 0 Å². The molecule has 1 unspecified atom stereocenters. The summed E-state index contributed by atoms with van der Waals surface area (Å²) in [6.45, 7) is 2.22. The van der Waals surface area contributed by atoms with Crippen molar-refractivity contribution in [2.45, 2.75) is 39.0 Å². The van der Waals surface area contributed by atoms with Crippen LogP contribution in [-0.2, 0) is 17.6 Å². The van der Waals surface area contributed by atoms with Gasteiger partial charge in [-0.3, -0.25) is 4.79 Å². The largest absolute Gasteiger partial charge is 0.317 e. The normalized spacial score (nSPS) is 17.1. The van der Waals surface area contributed by atoms with E-state index in [1.54, 1.807) is 11.3 Å². The summed E-state index contributed by atoms with van der Waals surface area (Å²) in [4.78, 5) is 13.0. The molecule has 19 heavy (non-hydrogen) atoms. The summed E-state index contributed by atoms with van der Waals surface area (Å²) in [5.41, 5.74) is 1.79. The van der Waals surface area contributed by atoms with Gasteiger partial charge in [-0.25, -0.2) is 0 Å². The summed E-state index contributed by atoms with van der Waals surface area (Å²) in [5.74, 6) is 2.99. The van der Waals surface area contributed by atoms with Gasteiger partial charge in [0.2, 0.25) is 5.91 Å². The van der Waals surface area contributed by atoms with Crippen molar-refractivity contribution < 1.29 is 4.79 Å². The highest BCUT2D eigenvalue weighted by Crippen LogP contribution is 2.39. The molecule has 1 heterocycles. The van der Waals surface area contributed by atoms with Gasteiger partial charge in [-0.1, -0.05) is 6.92 Å². The Balaban J connectivity index is 2.20. The summed E-state index contributed by atoms with van der Waals surface area (Å²) >= 11 is 1.55. The van der Waals surface area contributed by atoms with E-state index in [9.17, 15) is 10.1 Å². The van der Waals surface area contributed by atoms with Gasteiger partial charge in [-0.15, -0.1) is 23.7 Å². The van der Waals surface area contributed by atoms with Gasteiger partial charge in [-0.2, -0.15) is 5.26 Å². The highest BCUT2D eigenvalue weighted by molar-refractivity contribution is 7.16. The molecule has 0 fully saturated rings. The zero-order valence-corrected chi connectivity index (χ0v) is 11.8. The third-order valence-corrected chi connectivity index (χ3v) is 4.54. The van der Waals surface area contributed by atoms with Gasteiger partial charge in [0, 0.05) is 17.7 Å². The first-order chi connectivity index (χ1) is 9.15. The quantitative estimate of drug-likeness (QED) is 0.860. The van der Waals surface area contributed by atoms with Crippen LogP contribution in [0.5, 0.6) is 0 Å². The molecule has 0 saturated heterocycles. The van der Waals surface area contributed by atoms with E-state index in [4.69, 9.17) is 6.42 Å². The second-order valence-corrected chi connectivity index (χ2v) is 6.03. The van der Waals surface area contributed by atoms with Crippen LogP contribution in [0.4, 0.5) is 5.00 Å². The van der Waals surface area contributed by atoms with E-state index in [-0.39, 0.29) is 5.91 Å². The number of nitriles is 1. The third-order valence-electron chi connectivity index (χ3n) is 3.37. The lowest BCUT2D eigenvalue weighted by Gasteiger charge is -2.17. The van der Waals surface area contributed by atoms with Gasteiger partial charge in [0.05, 0.1) is 5.56 Å². The zero-order chi connectivity index (χ0) is 13.8. The Labute approximate surface area is 117 Å². The summed E-state index contributed by atoms with van der Waals surface area (Å²) in [5, 5.41) is 12.8. The number of terminal acetylenes is 1. The average Bonchev–Trinajstić information content (AvgIpc) is 2.72. The average molecular weight is 272 g/mol. The van der Waals surface area contributed by atoms with Gasteiger partial charge >= 0.3 is 0 Å². The maximum absolute atomic E-state index is 11.7. The fourth-order valence-electron chi connectivity index (χ4n) is 2.33. The Bertz CT molecular complexity index is 574. The minimum absolute atomic E-state index is 0.110. The molecule has 1 amide bonds. The maximum atomic E-state index is 11.7. The molecule has 0 spiro atoms. The van der Waals surface area contributed by atoms with Crippen LogP contribution < -0.4 is 5.32 Å². The van der Waals surface area contributed by atoms with Crippen LogP contribution in [0.25, 0.3) is 0 Å². The van der Waals surface area contributed by atoms with Crippen LogP contribution in [0, 0.1) is 29.6 Å². The van der Waals surface area contributed by atoms with Crippen molar-refractivity contribution >= 4 is 22.2 Å². The molecule has 1 aliphatic carbocycles. The SMILES string of the molecule is C#CCCC(=O)Nc1sc2c(c1C#N)CCC(C)C2. The van der Waals surface area contributed by atoms with Gasteiger partial charge < -0.3 is 5.32 Å². The number of nitrogens with one attached hydrogen (secondary N) is 1. The number of carbonyl (C=O) groups excluding carboxylic acids is 1. The fraction of sp³-hybridized carbons (Fsp3) is 0.467. The molecular formula is C15H16N2OS. The van der Waals surface area contributed by atoms with Crippen molar-refractivity contribution in [3.05, 3.63) is 16.0 Å². The molecule has 1 aliphatic rings. The third kappa shape index (κ3) is 2.97. The predicted molar refractivity (Wildman–Crippen MR) is 76.9 cm³/mol. The van der Waals surface area contributed by atoms with Crippen molar-refractivity contribution in [3.8, 4) is 18.4 Å². The molecule has 2 rings (SSSR count). The number of hydrogen-bond donors (Lipinski definition) is 1. The van der Waals surface area contributed by atoms with E-state index >= 15 is 0 Å². The molecule has 4 heteroatoms.